The van der Waals surface area contributed by atoms with Gasteiger partial charge >= 0.3 is 0 Å². The van der Waals surface area contributed by atoms with Crippen molar-refractivity contribution in [2.45, 2.75) is 71.0 Å². The molecule has 1 atom stereocenters. The molecule has 1 aliphatic rings. The van der Waals surface area contributed by atoms with Gasteiger partial charge in [0.15, 0.2) is 0 Å². The van der Waals surface area contributed by atoms with E-state index in [9.17, 15) is 18.0 Å². The van der Waals surface area contributed by atoms with E-state index in [-0.39, 0.29) is 24.9 Å². The van der Waals surface area contributed by atoms with Crippen molar-refractivity contribution in [3.05, 3.63) is 95.1 Å². The lowest BCUT2D eigenvalue weighted by Crippen LogP contribution is -2.55. The maximum atomic E-state index is 14.3. The number of ether oxygens (including phenoxy) is 1. The van der Waals surface area contributed by atoms with Gasteiger partial charge in [-0.15, -0.1) is 0 Å². The average molecular weight is 606 g/mol. The number of nitrogens with one attached hydrogen (secondary N) is 1. The van der Waals surface area contributed by atoms with E-state index in [1.165, 1.54) is 4.90 Å². The van der Waals surface area contributed by atoms with Crippen molar-refractivity contribution in [1.82, 2.24) is 10.2 Å². The van der Waals surface area contributed by atoms with Gasteiger partial charge in [-0.2, -0.15) is 0 Å². The molecule has 0 aliphatic heterocycles. The average Bonchev–Trinajstić information content (AvgIpc) is 2.97. The van der Waals surface area contributed by atoms with Gasteiger partial charge in [0.2, 0.25) is 21.8 Å². The number of anilines is 1. The van der Waals surface area contributed by atoms with Crippen LogP contribution >= 0.6 is 0 Å². The molecule has 1 saturated carbocycles. The first-order valence-corrected chi connectivity index (χ1v) is 16.7. The van der Waals surface area contributed by atoms with Crippen LogP contribution in [-0.4, -0.2) is 57.1 Å². The fraction of sp³-hybridized carbons (Fsp3) is 0.412. The van der Waals surface area contributed by atoms with Crippen LogP contribution in [0, 0.1) is 13.8 Å². The minimum Gasteiger partial charge on any atom is -0.497 e. The highest BCUT2D eigenvalue weighted by Crippen LogP contribution is 2.24. The molecule has 0 aromatic heterocycles. The highest BCUT2D eigenvalue weighted by Gasteiger charge is 2.34. The summed E-state index contributed by atoms with van der Waals surface area (Å²) in [5.74, 6) is -0.0689. The predicted molar refractivity (Wildman–Crippen MR) is 171 cm³/mol. The number of carbonyl (C=O) groups excluding carboxylic acids is 2. The van der Waals surface area contributed by atoms with Crippen LogP contribution in [0.2, 0.25) is 0 Å². The third kappa shape index (κ3) is 9.07. The second-order valence-corrected chi connectivity index (χ2v) is 13.4. The minimum atomic E-state index is -3.83. The van der Waals surface area contributed by atoms with Gasteiger partial charge in [-0.25, -0.2) is 8.42 Å². The van der Waals surface area contributed by atoms with E-state index >= 15 is 0 Å². The highest BCUT2D eigenvalue weighted by atomic mass is 32.2. The van der Waals surface area contributed by atoms with Gasteiger partial charge in [-0.3, -0.25) is 13.9 Å². The zero-order valence-corrected chi connectivity index (χ0v) is 26.4. The quantitative estimate of drug-likeness (QED) is 0.308. The lowest BCUT2D eigenvalue weighted by atomic mass is 9.94. The van der Waals surface area contributed by atoms with Crippen molar-refractivity contribution in [2.75, 3.05) is 24.2 Å². The summed E-state index contributed by atoms with van der Waals surface area (Å²) in [6.45, 7) is 3.45. The summed E-state index contributed by atoms with van der Waals surface area (Å²) in [5, 5.41) is 3.22. The maximum Gasteiger partial charge on any atom is 0.244 e. The summed E-state index contributed by atoms with van der Waals surface area (Å²) >= 11 is 0. The van der Waals surface area contributed by atoms with Crippen LogP contribution in [0.5, 0.6) is 5.75 Å². The maximum absolute atomic E-state index is 14.3. The molecule has 3 aromatic carbocycles. The van der Waals surface area contributed by atoms with Gasteiger partial charge in [0.05, 0.1) is 19.1 Å². The number of methoxy groups -OCH3 is 1. The summed E-state index contributed by atoms with van der Waals surface area (Å²) in [5.41, 5.74) is 3.87. The van der Waals surface area contributed by atoms with Gasteiger partial charge in [0.25, 0.3) is 0 Å². The summed E-state index contributed by atoms with van der Waals surface area (Å²) in [6.07, 6.45) is 6.46. The normalized spacial score (nSPS) is 14.5. The topological polar surface area (TPSA) is 96.0 Å². The van der Waals surface area contributed by atoms with E-state index in [0.717, 1.165) is 64.9 Å². The summed E-state index contributed by atoms with van der Waals surface area (Å²) in [4.78, 5) is 29.9. The van der Waals surface area contributed by atoms with Crippen LogP contribution in [0.15, 0.2) is 72.8 Å². The van der Waals surface area contributed by atoms with Crippen LogP contribution in [0.3, 0.4) is 0 Å². The molecule has 0 unspecified atom stereocenters. The van der Waals surface area contributed by atoms with Gasteiger partial charge < -0.3 is 15.0 Å². The van der Waals surface area contributed by atoms with Gasteiger partial charge in [-0.05, 0) is 73.2 Å². The Labute approximate surface area is 256 Å². The van der Waals surface area contributed by atoms with Gasteiger partial charge in [0.1, 0.15) is 18.3 Å². The van der Waals surface area contributed by atoms with Crippen LogP contribution < -0.4 is 14.4 Å². The minimum absolute atomic E-state index is 0.0519. The first-order valence-electron chi connectivity index (χ1n) is 14.9. The SMILES string of the molecule is COc1cccc(CN(C(=O)CN(c2cc(C)cc(C)c2)S(C)(=O)=O)[C@@H](Cc2ccccc2)C(=O)NC2CCCCC2)c1. The van der Waals surface area contributed by atoms with E-state index in [2.05, 4.69) is 5.32 Å². The molecule has 0 heterocycles. The zero-order valence-electron chi connectivity index (χ0n) is 25.6. The number of carbonyl (C=O) groups is 2. The zero-order chi connectivity index (χ0) is 31.0. The molecule has 4 rings (SSSR count). The molecule has 8 nitrogen and oxygen atoms in total. The molecule has 1 fully saturated rings. The Kier molecular flexibility index (Phi) is 10.9. The van der Waals surface area contributed by atoms with Gasteiger partial charge in [0, 0.05) is 19.0 Å². The van der Waals surface area contributed by atoms with E-state index in [0.29, 0.717) is 11.4 Å². The molecule has 1 aliphatic carbocycles. The van der Waals surface area contributed by atoms with Crippen LogP contribution in [0.25, 0.3) is 0 Å². The third-order valence-corrected chi connectivity index (χ3v) is 9.02. The van der Waals surface area contributed by atoms with Crippen molar-refractivity contribution in [3.8, 4) is 5.75 Å². The molecule has 3 aromatic rings. The lowest BCUT2D eigenvalue weighted by molar-refractivity contribution is -0.140. The standard InChI is InChI=1S/C34H43N3O5S/c1-25-18-26(2)20-30(19-25)37(43(4,40)41)24-33(38)36(23-28-14-11-17-31(21-28)42-3)32(22-27-12-7-5-8-13-27)34(39)35-29-15-9-6-10-16-29/h5,7-8,11-14,17-21,29,32H,6,9-10,15-16,22-24H2,1-4H3,(H,35,39)/t32-/m0/s1. The first-order chi connectivity index (χ1) is 20.5. The van der Waals surface area contributed by atoms with Crippen molar-refractivity contribution in [3.63, 3.8) is 0 Å². The molecule has 9 heteroatoms. The molecule has 2 amide bonds. The summed E-state index contributed by atoms with van der Waals surface area (Å²) in [6, 6.07) is 21.6. The Morgan fingerprint density at radius 3 is 2.19 bits per heavy atom. The molecule has 230 valence electrons. The molecule has 43 heavy (non-hydrogen) atoms. The number of aryl methyl sites for hydroxylation is 2. The molecule has 0 bridgehead atoms. The van der Waals surface area contributed by atoms with Crippen LogP contribution in [-0.2, 0) is 32.6 Å². The van der Waals surface area contributed by atoms with Crippen molar-refractivity contribution < 1.29 is 22.7 Å². The fourth-order valence-electron chi connectivity index (χ4n) is 5.77. The number of nitrogens with zero attached hydrogens (tertiary/aromatic N) is 2. The number of benzene rings is 3. The molecule has 1 N–H and O–H groups in total. The fourth-order valence-corrected chi connectivity index (χ4v) is 6.61. The third-order valence-electron chi connectivity index (χ3n) is 7.88. The summed E-state index contributed by atoms with van der Waals surface area (Å²) in [7, 11) is -2.25. The van der Waals surface area contributed by atoms with Crippen molar-refractivity contribution in [2.24, 2.45) is 0 Å². The monoisotopic (exact) mass is 605 g/mol. The largest absolute Gasteiger partial charge is 0.497 e. The predicted octanol–water partition coefficient (Wildman–Crippen LogP) is 5.17. The van der Waals surface area contributed by atoms with Gasteiger partial charge in [-0.1, -0.05) is 67.8 Å². The van der Waals surface area contributed by atoms with Crippen LogP contribution in [0.1, 0.15) is 54.4 Å². The highest BCUT2D eigenvalue weighted by molar-refractivity contribution is 7.92. The number of hydrogen-bond acceptors (Lipinski definition) is 5. The molecule has 0 radical (unpaired) electrons. The van der Waals surface area contributed by atoms with Crippen molar-refractivity contribution in [1.29, 1.82) is 0 Å². The number of hydrogen-bond donors (Lipinski definition) is 1. The lowest BCUT2D eigenvalue weighted by Gasteiger charge is -2.35. The first kappa shape index (κ1) is 32.1. The van der Waals surface area contributed by atoms with E-state index in [1.54, 1.807) is 19.2 Å². The smallest absolute Gasteiger partial charge is 0.244 e. The molecular formula is C34H43N3O5S. The van der Waals surface area contributed by atoms with Crippen LogP contribution in [0.4, 0.5) is 5.69 Å². The van der Waals surface area contributed by atoms with E-state index < -0.39 is 28.5 Å². The molecule has 0 saturated heterocycles. The Morgan fingerprint density at radius 1 is 0.907 bits per heavy atom. The Morgan fingerprint density at radius 2 is 1.56 bits per heavy atom. The summed E-state index contributed by atoms with van der Waals surface area (Å²) < 4.78 is 32.7. The number of rotatable bonds is 12. The molecular weight excluding hydrogens is 562 g/mol. The Balaban J connectivity index is 1.74. The Bertz CT molecular complexity index is 1480. The van der Waals surface area contributed by atoms with E-state index in [4.69, 9.17) is 4.74 Å². The Hall–Kier alpha value is -3.85. The molecule has 0 spiro atoms. The number of sulfonamides is 1. The number of amides is 2. The van der Waals surface area contributed by atoms with Crippen molar-refractivity contribution >= 4 is 27.5 Å². The second kappa shape index (κ2) is 14.6. The second-order valence-electron chi connectivity index (χ2n) is 11.5. The van der Waals surface area contributed by atoms with E-state index in [1.807, 2.05) is 74.5 Å².